The van der Waals surface area contributed by atoms with E-state index in [-0.39, 0.29) is 0 Å². The number of nitrogens with zero attached hydrogens (tertiary/aromatic N) is 2. The fraction of sp³-hybridized carbons (Fsp3) is 0.632. The quantitative estimate of drug-likeness (QED) is 0.406. The lowest BCUT2D eigenvalue weighted by Gasteiger charge is -2.14. The molecule has 1 aliphatic heterocycles. The molecule has 140 valence electrons. The average molecular weight is 348 g/mol. The summed E-state index contributed by atoms with van der Waals surface area (Å²) in [5.74, 6) is 0.816. The van der Waals surface area contributed by atoms with Crippen molar-refractivity contribution >= 4 is 11.6 Å². The summed E-state index contributed by atoms with van der Waals surface area (Å²) in [5.41, 5.74) is 2.43. The third kappa shape index (κ3) is 7.32. The Labute approximate surface area is 151 Å². The Morgan fingerprint density at radius 2 is 2.08 bits per heavy atom. The van der Waals surface area contributed by atoms with Crippen LogP contribution in [-0.4, -0.2) is 59.6 Å². The SMILES string of the molecule is CN=C(NCCCOCC1CCCO1)NCc1ccc(N(C)C)cc1. The van der Waals surface area contributed by atoms with Crippen molar-refractivity contribution in [3.63, 3.8) is 0 Å². The zero-order valence-corrected chi connectivity index (χ0v) is 15.8. The lowest BCUT2D eigenvalue weighted by molar-refractivity contribution is 0.0168. The zero-order chi connectivity index (χ0) is 17.9. The Balaban J connectivity index is 1.57. The minimum atomic E-state index is 0.307. The summed E-state index contributed by atoms with van der Waals surface area (Å²) in [6.07, 6.45) is 3.55. The predicted octanol–water partition coefficient (Wildman–Crippen LogP) is 2.00. The summed E-state index contributed by atoms with van der Waals surface area (Å²) >= 11 is 0. The number of hydrogen-bond acceptors (Lipinski definition) is 4. The topological polar surface area (TPSA) is 58.1 Å². The first kappa shape index (κ1) is 19.5. The molecule has 1 saturated heterocycles. The van der Waals surface area contributed by atoms with Crippen LogP contribution in [0.25, 0.3) is 0 Å². The summed E-state index contributed by atoms with van der Waals surface area (Å²) in [6.45, 7) is 3.94. The third-order valence-electron chi connectivity index (χ3n) is 4.22. The van der Waals surface area contributed by atoms with Crippen LogP contribution < -0.4 is 15.5 Å². The van der Waals surface area contributed by atoms with Crippen LogP contribution in [0, 0.1) is 0 Å². The molecule has 0 aromatic heterocycles. The van der Waals surface area contributed by atoms with E-state index < -0.39 is 0 Å². The zero-order valence-electron chi connectivity index (χ0n) is 15.8. The van der Waals surface area contributed by atoms with Crippen LogP contribution >= 0.6 is 0 Å². The molecule has 0 radical (unpaired) electrons. The number of hydrogen-bond donors (Lipinski definition) is 2. The first-order valence-electron chi connectivity index (χ1n) is 9.09. The normalized spacial score (nSPS) is 17.6. The van der Waals surface area contributed by atoms with E-state index in [2.05, 4.69) is 44.8 Å². The van der Waals surface area contributed by atoms with Gasteiger partial charge in [-0.3, -0.25) is 4.99 Å². The second kappa shape index (κ2) is 10.9. The molecule has 6 heteroatoms. The van der Waals surface area contributed by atoms with Gasteiger partial charge in [-0.25, -0.2) is 0 Å². The summed E-state index contributed by atoms with van der Waals surface area (Å²) in [6, 6.07) is 8.51. The van der Waals surface area contributed by atoms with Gasteiger partial charge in [0.15, 0.2) is 5.96 Å². The van der Waals surface area contributed by atoms with Crippen molar-refractivity contribution in [1.82, 2.24) is 10.6 Å². The summed E-state index contributed by atoms with van der Waals surface area (Å²) in [7, 11) is 5.88. The highest BCUT2D eigenvalue weighted by molar-refractivity contribution is 5.79. The molecule has 1 aromatic rings. The molecule has 0 spiro atoms. The van der Waals surface area contributed by atoms with Crippen LogP contribution in [0.1, 0.15) is 24.8 Å². The van der Waals surface area contributed by atoms with Gasteiger partial charge in [-0.2, -0.15) is 0 Å². The van der Waals surface area contributed by atoms with E-state index in [1.165, 1.54) is 11.3 Å². The molecule has 25 heavy (non-hydrogen) atoms. The molecule has 1 unspecified atom stereocenters. The third-order valence-corrected chi connectivity index (χ3v) is 4.22. The van der Waals surface area contributed by atoms with Gasteiger partial charge in [-0.1, -0.05) is 12.1 Å². The van der Waals surface area contributed by atoms with Gasteiger partial charge in [0.2, 0.25) is 0 Å². The number of nitrogens with one attached hydrogen (secondary N) is 2. The molecule has 1 aromatic carbocycles. The lowest BCUT2D eigenvalue weighted by Crippen LogP contribution is -2.37. The fourth-order valence-corrected chi connectivity index (χ4v) is 2.69. The molecule has 0 aliphatic carbocycles. The Hall–Kier alpha value is -1.79. The van der Waals surface area contributed by atoms with Gasteiger partial charge in [0.25, 0.3) is 0 Å². The van der Waals surface area contributed by atoms with Gasteiger partial charge in [0, 0.05) is 53.1 Å². The monoisotopic (exact) mass is 348 g/mol. The smallest absolute Gasteiger partial charge is 0.191 e. The van der Waals surface area contributed by atoms with Crippen LogP contribution in [-0.2, 0) is 16.0 Å². The maximum absolute atomic E-state index is 5.66. The van der Waals surface area contributed by atoms with E-state index in [4.69, 9.17) is 9.47 Å². The Bertz CT molecular complexity index is 511. The van der Waals surface area contributed by atoms with Crippen LogP contribution in [0.5, 0.6) is 0 Å². The van der Waals surface area contributed by atoms with E-state index in [0.29, 0.717) is 6.10 Å². The Morgan fingerprint density at radius 3 is 2.72 bits per heavy atom. The molecular weight excluding hydrogens is 316 g/mol. The molecule has 1 aliphatic rings. The van der Waals surface area contributed by atoms with Gasteiger partial charge in [-0.05, 0) is 37.0 Å². The van der Waals surface area contributed by atoms with E-state index in [1.54, 1.807) is 7.05 Å². The van der Waals surface area contributed by atoms with E-state index in [9.17, 15) is 0 Å². The van der Waals surface area contributed by atoms with Gasteiger partial charge in [-0.15, -0.1) is 0 Å². The van der Waals surface area contributed by atoms with Crippen molar-refractivity contribution in [2.45, 2.75) is 31.9 Å². The molecule has 1 fully saturated rings. The van der Waals surface area contributed by atoms with Crippen LogP contribution in [0.2, 0.25) is 0 Å². The molecule has 0 bridgehead atoms. The number of rotatable bonds is 9. The second-order valence-electron chi connectivity index (χ2n) is 6.48. The molecule has 0 saturated carbocycles. The van der Waals surface area contributed by atoms with Gasteiger partial charge in [0.05, 0.1) is 12.7 Å². The van der Waals surface area contributed by atoms with Gasteiger partial charge < -0.3 is 25.0 Å². The van der Waals surface area contributed by atoms with Crippen molar-refractivity contribution in [3.05, 3.63) is 29.8 Å². The maximum atomic E-state index is 5.66. The van der Waals surface area contributed by atoms with Gasteiger partial charge in [0.1, 0.15) is 0 Å². The molecule has 0 amide bonds. The number of guanidine groups is 1. The number of benzene rings is 1. The fourth-order valence-electron chi connectivity index (χ4n) is 2.69. The van der Waals surface area contributed by atoms with Crippen LogP contribution in [0.4, 0.5) is 5.69 Å². The Morgan fingerprint density at radius 1 is 1.28 bits per heavy atom. The molecular formula is C19H32N4O2. The van der Waals surface area contributed by atoms with Crippen molar-refractivity contribution in [2.75, 3.05) is 52.4 Å². The van der Waals surface area contributed by atoms with Gasteiger partial charge >= 0.3 is 0 Å². The number of ether oxygens (including phenoxy) is 2. The van der Waals surface area contributed by atoms with E-state index >= 15 is 0 Å². The molecule has 1 heterocycles. The summed E-state index contributed by atoms with van der Waals surface area (Å²) in [4.78, 5) is 6.35. The second-order valence-corrected chi connectivity index (χ2v) is 6.48. The van der Waals surface area contributed by atoms with Crippen molar-refractivity contribution < 1.29 is 9.47 Å². The molecule has 2 N–H and O–H groups in total. The summed E-state index contributed by atoms with van der Waals surface area (Å²) in [5, 5.41) is 6.65. The molecule has 2 rings (SSSR count). The molecule has 1 atom stereocenters. The highest BCUT2D eigenvalue weighted by Crippen LogP contribution is 2.12. The van der Waals surface area contributed by atoms with Crippen molar-refractivity contribution in [3.8, 4) is 0 Å². The van der Waals surface area contributed by atoms with Crippen LogP contribution in [0.15, 0.2) is 29.3 Å². The molecule has 6 nitrogen and oxygen atoms in total. The number of anilines is 1. The Kier molecular flexibility index (Phi) is 8.55. The standard InChI is InChI=1S/C19H32N4O2/c1-20-19(21-11-5-12-24-15-18-6-4-13-25-18)22-14-16-7-9-17(10-8-16)23(2)3/h7-10,18H,4-6,11-15H2,1-3H3,(H2,20,21,22). The van der Waals surface area contributed by atoms with E-state index in [0.717, 1.165) is 58.1 Å². The van der Waals surface area contributed by atoms with E-state index in [1.807, 2.05) is 14.1 Å². The van der Waals surface area contributed by atoms with Crippen molar-refractivity contribution in [1.29, 1.82) is 0 Å². The largest absolute Gasteiger partial charge is 0.379 e. The average Bonchev–Trinajstić information content (AvgIpc) is 3.14. The first-order valence-corrected chi connectivity index (χ1v) is 9.09. The minimum absolute atomic E-state index is 0.307. The predicted molar refractivity (Wildman–Crippen MR) is 103 cm³/mol. The highest BCUT2D eigenvalue weighted by Gasteiger charge is 2.14. The first-order chi connectivity index (χ1) is 12.2. The highest BCUT2D eigenvalue weighted by atomic mass is 16.5. The van der Waals surface area contributed by atoms with Crippen molar-refractivity contribution in [2.24, 2.45) is 4.99 Å². The lowest BCUT2D eigenvalue weighted by atomic mass is 10.2. The van der Waals surface area contributed by atoms with Crippen LogP contribution in [0.3, 0.4) is 0 Å². The minimum Gasteiger partial charge on any atom is -0.379 e. The number of aliphatic imine (C=N–C) groups is 1. The maximum Gasteiger partial charge on any atom is 0.191 e. The summed E-state index contributed by atoms with van der Waals surface area (Å²) < 4.78 is 11.2.